The number of hydrogen-bond acceptors (Lipinski definition) is 6. The molecule has 3 aromatic rings. The SMILES string of the molecule is CCOc1cc(/C=C2/SC(=O)N(CC(=O)Nc3ccc(F)c(Cl)c3)C2=O)cc(Br)c1OCc1ccc(Cl)c(Cl)c1. The Kier molecular flexibility index (Phi) is 10.0. The highest BCUT2D eigenvalue weighted by atomic mass is 79.9. The van der Waals surface area contributed by atoms with Gasteiger partial charge in [0, 0.05) is 5.69 Å². The smallest absolute Gasteiger partial charge is 0.294 e. The largest absolute Gasteiger partial charge is 0.490 e. The van der Waals surface area contributed by atoms with Gasteiger partial charge in [0.05, 0.1) is 31.1 Å². The predicted octanol–water partition coefficient (Wildman–Crippen LogP) is 8.20. The molecule has 3 amide bonds. The summed E-state index contributed by atoms with van der Waals surface area (Å²) >= 11 is 22.0. The second kappa shape index (κ2) is 13.3. The van der Waals surface area contributed by atoms with Gasteiger partial charge in [-0.05, 0) is 94.3 Å². The van der Waals surface area contributed by atoms with E-state index in [1.807, 2.05) is 6.92 Å². The van der Waals surface area contributed by atoms with E-state index in [0.717, 1.165) is 16.5 Å². The molecule has 1 fully saturated rings. The molecular weight excluding hydrogens is 670 g/mol. The van der Waals surface area contributed by atoms with Crippen LogP contribution in [0.15, 0.2) is 57.9 Å². The lowest BCUT2D eigenvalue weighted by Gasteiger charge is -2.15. The van der Waals surface area contributed by atoms with Gasteiger partial charge in [0.15, 0.2) is 11.5 Å². The maximum atomic E-state index is 13.4. The van der Waals surface area contributed by atoms with Crippen LogP contribution in [-0.2, 0) is 16.2 Å². The fourth-order valence-corrected chi connectivity index (χ4v) is 5.48. The molecule has 0 bridgehead atoms. The fourth-order valence-electron chi connectivity index (χ4n) is 3.56. The highest BCUT2D eigenvalue weighted by Gasteiger charge is 2.36. The van der Waals surface area contributed by atoms with E-state index in [0.29, 0.717) is 49.9 Å². The van der Waals surface area contributed by atoms with Gasteiger partial charge < -0.3 is 14.8 Å². The van der Waals surface area contributed by atoms with Crippen LogP contribution in [0.1, 0.15) is 18.1 Å². The van der Waals surface area contributed by atoms with Crippen molar-refractivity contribution in [2.45, 2.75) is 13.5 Å². The van der Waals surface area contributed by atoms with Crippen LogP contribution in [0, 0.1) is 5.82 Å². The summed E-state index contributed by atoms with van der Waals surface area (Å²) in [4.78, 5) is 38.9. The molecule has 0 saturated carbocycles. The zero-order chi connectivity index (χ0) is 29.0. The van der Waals surface area contributed by atoms with E-state index in [-0.39, 0.29) is 22.2 Å². The number of hydrogen-bond donors (Lipinski definition) is 1. The van der Waals surface area contributed by atoms with E-state index in [1.54, 1.807) is 30.3 Å². The molecule has 1 N–H and O–H groups in total. The Balaban J connectivity index is 1.48. The Bertz CT molecular complexity index is 1540. The number of halogens is 5. The van der Waals surface area contributed by atoms with E-state index < -0.39 is 29.4 Å². The number of anilines is 1. The van der Waals surface area contributed by atoms with Crippen molar-refractivity contribution in [2.75, 3.05) is 18.5 Å². The van der Waals surface area contributed by atoms with Gasteiger partial charge in [-0.2, -0.15) is 0 Å². The first-order valence-corrected chi connectivity index (χ1v) is 14.3. The lowest BCUT2D eigenvalue weighted by Crippen LogP contribution is -2.36. The number of imide groups is 1. The number of ether oxygens (including phenoxy) is 2. The molecule has 0 atom stereocenters. The molecule has 0 unspecified atom stereocenters. The molecule has 7 nitrogen and oxygen atoms in total. The van der Waals surface area contributed by atoms with Gasteiger partial charge in [-0.3, -0.25) is 19.3 Å². The zero-order valence-corrected chi connectivity index (χ0v) is 25.3. The molecular formula is C27H19BrCl3FN2O5S. The molecule has 208 valence electrons. The van der Waals surface area contributed by atoms with Gasteiger partial charge >= 0.3 is 0 Å². The van der Waals surface area contributed by atoms with Gasteiger partial charge in [-0.25, -0.2) is 4.39 Å². The molecule has 1 aliphatic rings. The first-order valence-electron chi connectivity index (χ1n) is 11.6. The second-order valence-electron chi connectivity index (χ2n) is 8.25. The Morgan fingerprint density at radius 1 is 1.05 bits per heavy atom. The number of carbonyl (C=O) groups excluding carboxylic acids is 3. The fraction of sp³-hybridized carbons (Fsp3) is 0.148. The average molecular weight is 689 g/mol. The van der Waals surface area contributed by atoms with Crippen LogP contribution in [-0.4, -0.2) is 35.1 Å². The maximum Gasteiger partial charge on any atom is 0.294 e. The van der Waals surface area contributed by atoms with Gasteiger partial charge in [-0.1, -0.05) is 40.9 Å². The van der Waals surface area contributed by atoms with Crippen LogP contribution in [0.25, 0.3) is 6.08 Å². The molecule has 13 heteroatoms. The first-order chi connectivity index (χ1) is 19.0. The van der Waals surface area contributed by atoms with Crippen molar-refractivity contribution >= 4 is 91.3 Å². The van der Waals surface area contributed by atoms with Gasteiger partial charge in [0.1, 0.15) is 19.0 Å². The van der Waals surface area contributed by atoms with Crippen LogP contribution in [0.2, 0.25) is 15.1 Å². The van der Waals surface area contributed by atoms with E-state index in [2.05, 4.69) is 21.2 Å². The summed E-state index contributed by atoms with van der Waals surface area (Å²) < 4.78 is 25.7. The number of nitrogens with one attached hydrogen (secondary N) is 1. The van der Waals surface area contributed by atoms with Crippen molar-refractivity contribution in [1.29, 1.82) is 0 Å². The Labute approximate surface area is 256 Å². The van der Waals surface area contributed by atoms with Gasteiger partial charge in [0.25, 0.3) is 11.1 Å². The van der Waals surface area contributed by atoms with E-state index in [9.17, 15) is 18.8 Å². The summed E-state index contributed by atoms with van der Waals surface area (Å²) in [5.41, 5.74) is 1.59. The Morgan fingerprint density at radius 2 is 1.82 bits per heavy atom. The summed E-state index contributed by atoms with van der Waals surface area (Å²) in [7, 11) is 0. The minimum atomic E-state index is -0.643. The minimum Gasteiger partial charge on any atom is -0.490 e. The molecule has 0 spiro atoms. The van der Waals surface area contributed by atoms with Crippen LogP contribution < -0.4 is 14.8 Å². The van der Waals surface area contributed by atoms with Crippen molar-refractivity contribution in [3.63, 3.8) is 0 Å². The normalized spacial score (nSPS) is 14.2. The third kappa shape index (κ3) is 7.30. The number of thioether (sulfide) groups is 1. The molecule has 3 aromatic carbocycles. The molecule has 40 heavy (non-hydrogen) atoms. The monoisotopic (exact) mass is 686 g/mol. The molecule has 4 rings (SSSR count). The standard InChI is InChI=1S/C27H19BrCl3FN2O5S/c1-2-38-22-9-15(7-17(28)25(22)39-13-14-3-5-18(29)19(30)8-14)10-23-26(36)34(27(37)40-23)12-24(35)33-16-4-6-21(32)20(31)11-16/h3-11H,2,12-13H2,1H3,(H,33,35)/b23-10+. The van der Waals surface area contributed by atoms with Crippen LogP contribution >= 0.6 is 62.5 Å². The third-order valence-corrected chi connectivity index (χ3v) is 7.90. The number of rotatable bonds is 9. The van der Waals surface area contributed by atoms with Crippen molar-refractivity contribution in [2.24, 2.45) is 0 Å². The van der Waals surface area contributed by atoms with Crippen molar-refractivity contribution in [3.05, 3.63) is 89.9 Å². The van der Waals surface area contributed by atoms with Gasteiger partial charge in [0.2, 0.25) is 5.91 Å². The minimum absolute atomic E-state index is 0.126. The molecule has 0 aromatic heterocycles. The second-order valence-corrected chi connectivity index (χ2v) is 11.3. The topological polar surface area (TPSA) is 84.9 Å². The first kappa shape index (κ1) is 30.2. The van der Waals surface area contributed by atoms with E-state index in [4.69, 9.17) is 44.3 Å². The zero-order valence-electron chi connectivity index (χ0n) is 20.6. The third-order valence-electron chi connectivity index (χ3n) is 5.38. The summed E-state index contributed by atoms with van der Waals surface area (Å²) in [6, 6.07) is 12.2. The van der Waals surface area contributed by atoms with E-state index >= 15 is 0 Å². The van der Waals surface area contributed by atoms with E-state index in [1.165, 1.54) is 18.2 Å². The number of nitrogens with zero attached hydrogens (tertiary/aromatic N) is 1. The van der Waals surface area contributed by atoms with Crippen molar-refractivity contribution in [1.82, 2.24) is 4.90 Å². The Hall–Kier alpha value is -2.76. The molecule has 1 aliphatic heterocycles. The summed E-state index contributed by atoms with van der Waals surface area (Å²) in [6.07, 6.45) is 1.53. The number of amides is 3. The highest BCUT2D eigenvalue weighted by molar-refractivity contribution is 9.10. The molecule has 0 aliphatic carbocycles. The maximum absolute atomic E-state index is 13.4. The molecule has 1 saturated heterocycles. The number of carbonyl (C=O) groups is 3. The highest BCUT2D eigenvalue weighted by Crippen LogP contribution is 2.40. The summed E-state index contributed by atoms with van der Waals surface area (Å²) in [6.45, 7) is 1.84. The average Bonchev–Trinajstić information content (AvgIpc) is 3.15. The summed E-state index contributed by atoms with van der Waals surface area (Å²) in [5.74, 6) is -1.05. The predicted molar refractivity (Wildman–Crippen MR) is 159 cm³/mol. The number of benzene rings is 3. The van der Waals surface area contributed by atoms with Gasteiger partial charge in [-0.15, -0.1) is 0 Å². The van der Waals surface area contributed by atoms with Crippen molar-refractivity contribution in [3.8, 4) is 11.5 Å². The quantitative estimate of drug-likeness (QED) is 0.228. The summed E-state index contributed by atoms with van der Waals surface area (Å²) in [5, 5.41) is 2.57. The van der Waals surface area contributed by atoms with Crippen LogP contribution in [0.5, 0.6) is 11.5 Å². The van der Waals surface area contributed by atoms with Crippen LogP contribution in [0.4, 0.5) is 14.9 Å². The van der Waals surface area contributed by atoms with Crippen molar-refractivity contribution < 1.29 is 28.2 Å². The lowest BCUT2D eigenvalue weighted by atomic mass is 10.1. The lowest BCUT2D eigenvalue weighted by molar-refractivity contribution is -0.127. The molecule has 0 radical (unpaired) electrons. The molecule has 1 heterocycles. The van der Waals surface area contributed by atoms with Crippen LogP contribution in [0.3, 0.4) is 0 Å². The Morgan fingerprint density at radius 3 is 2.52 bits per heavy atom.